The van der Waals surface area contributed by atoms with Crippen molar-refractivity contribution in [3.05, 3.63) is 0 Å². The first-order valence-electron chi connectivity index (χ1n) is 15.2. The van der Waals surface area contributed by atoms with Gasteiger partial charge in [-0.3, -0.25) is 24.4 Å². The van der Waals surface area contributed by atoms with Crippen LogP contribution in [0.3, 0.4) is 0 Å². The molecule has 1 aliphatic carbocycles. The lowest BCUT2D eigenvalue weighted by molar-refractivity contribution is -0.138. The van der Waals surface area contributed by atoms with Crippen molar-refractivity contribution in [1.29, 1.82) is 0 Å². The Bertz CT molecular complexity index is 961. The van der Waals surface area contributed by atoms with Gasteiger partial charge in [-0.15, -0.1) is 0 Å². The van der Waals surface area contributed by atoms with Gasteiger partial charge < -0.3 is 27.0 Å². The number of hydrogen-bond acceptors (Lipinski definition) is 8. The van der Waals surface area contributed by atoms with Crippen LogP contribution in [0.4, 0.5) is 8.78 Å². The molecule has 226 valence electrons. The number of hydrogen-bond donors (Lipinski definition) is 4. The summed E-state index contributed by atoms with van der Waals surface area (Å²) in [6.07, 6.45) is 1.93. The lowest BCUT2D eigenvalue weighted by Crippen LogP contribution is -2.68. The second kappa shape index (κ2) is 12.2. The molecule has 40 heavy (non-hydrogen) atoms. The van der Waals surface area contributed by atoms with E-state index < -0.39 is 42.6 Å². The Morgan fingerprint density at radius 3 is 2.52 bits per heavy atom. The summed E-state index contributed by atoms with van der Waals surface area (Å²) in [4.78, 5) is 37.6. The van der Waals surface area contributed by atoms with Gasteiger partial charge in [-0.2, -0.15) is 0 Å². The minimum absolute atomic E-state index is 0.0638. The Kier molecular flexibility index (Phi) is 9.11. The third-order valence-electron chi connectivity index (χ3n) is 10.4. The first kappa shape index (κ1) is 29.8. The van der Waals surface area contributed by atoms with Crippen LogP contribution < -0.4 is 22.1 Å². The van der Waals surface area contributed by atoms with Gasteiger partial charge in [-0.1, -0.05) is 13.3 Å². The van der Waals surface area contributed by atoms with Crippen molar-refractivity contribution in [3.8, 4) is 0 Å². The number of rotatable bonds is 7. The number of amides is 2. The van der Waals surface area contributed by atoms with Crippen molar-refractivity contribution < 1.29 is 18.4 Å². The van der Waals surface area contributed by atoms with Crippen LogP contribution in [0.1, 0.15) is 51.9 Å². The van der Waals surface area contributed by atoms with E-state index in [4.69, 9.17) is 16.5 Å². The predicted molar refractivity (Wildman–Crippen MR) is 150 cm³/mol. The van der Waals surface area contributed by atoms with Crippen molar-refractivity contribution in [3.63, 3.8) is 0 Å². The molecule has 2 bridgehead atoms. The zero-order chi connectivity index (χ0) is 28.6. The SMILES string of the molecule is CCC12CCC(=NC(C(C(=O)NC3CNCC(F)C3N3CCN(C(=O)C4CCCN4C)CC3)C(N)N)C1)C(F)C2. The molecule has 12 heteroatoms. The highest BCUT2D eigenvalue weighted by atomic mass is 19.1. The number of nitrogens with two attached hydrogens (primary N) is 2. The van der Waals surface area contributed by atoms with Crippen molar-refractivity contribution in [2.75, 3.05) is 52.9 Å². The third kappa shape index (κ3) is 5.92. The quantitative estimate of drug-likeness (QED) is 0.319. The molecule has 5 heterocycles. The van der Waals surface area contributed by atoms with E-state index >= 15 is 4.39 Å². The third-order valence-corrected chi connectivity index (χ3v) is 10.4. The van der Waals surface area contributed by atoms with E-state index in [1.54, 1.807) is 0 Å². The number of nitrogens with zero attached hydrogens (tertiary/aromatic N) is 4. The first-order valence-corrected chi connectivity index (χ1v) is 15.2. The molecule has 0 spiro atoms. The number of aliphatic imine (C=N–C) groups is 1. The highest BCUT2D eigenvalue weighted by molar-refractivity contribution is 5.91. The van der Waals surface area contributed by atoms with Crippen LogP contribution in [0.2, 0.25) is 0 Å². The molecule has 5 aliphatic heterocycles. The number of nitrogens with one attached hydrogen (secondary N) is 2. The summed E-state index contributed by atoms with van der Waals surface area (Å²) in [5.74, 6) is -1.02. The largest absolute Gasteiger partial charge is 0.350 e. The normalized spacial score (nSPS) is 38.3. The summed E-state index contributed by atoms with van der Waals surface area (Å²) in [5.41, 5.74) is 12.7. The fraction of sp³-hybridized carbons (Fsp3) is 0.893. The molecular formula is C28H48F2N8O2. The van der Waals surface area contributed by atoms with E-state index in [1.165, 1.54) is 0 Å². The summed E-state index contributed by atoms with van der Waals surface area (Å²) in [7, 11) is 1.99. The number of carbonyl (C=O) groups excluding carboxylic acids is 2. The van der Waals surface area contributed by atoms with E-state index in [0.717, 1.165) is 32.2 Å². The Hall–Kier alpha value is -1.73. The zero-order valence-corrected chi connectivity index (χ0v) is 24.0. The molecule has 8 unspecified atom stereocenters. The summed E-state index contributed by atoms with van der Waals surface area (Å²) >= 11 is 0. The maximum absolute atomic E-state index is 15.4. The van der Waals surface area contributed by atoms with Gasteiger partial charge in [0.05, 0.1) is 36.3 Å². The Labute approximate surface area is 236 Å². The fourth-order valence-corrected chi connectivity index (χ4v) is 7.90. The number of fused-ring (bicyclic) bond motifs is 4. The number of carbonyl (C=O) groups is 2. The van der Waals surface area contributed by atoms with Gasteiger partial charge in [0.25, 0.3) is 0 Å². The van der Waals surface area contributed by atoms with Crippen LogP contribution in [0.25, 0.3) is 0 Å². The highest BCUT2D eigenvalue weighted by Crippen LogP contribution is 2.47. The van der Waals surface area contributed by atoms with Crippen LogP contribution in [0.5, 0.6) is 0 Å². The van der Waals surface area contributed by atoms with Crippen LogP contribution in [-0.2, 0) is 9.59 Å². The van der Waals surface area contributed by atoms with Gasteiger partial charge >= 0.3 is 0 Å². The smallest absolute Gasteiger partial charge is 0.240 e. The molecule has 6 aliphatic rings. The molecule has 0 radical (unpaired) electrons. The maximum Gasteiger partial charge on any atom is 0.240 e. The van der Waals surface area contributed by atoms with Gasteiger partial charge in [-0.05, 0) is 57.5 Å². The van der Waals surface area contributed by atoms with Crippen molar-refractivity contribution in [2.24, 2.45) is 27.8 Å². The second-order valence-corrected chi connectivity index (χ2v) is 12.8. The lowest BCUT2D eigenvalue weighted by atomic mass is 9.67. The molecule has 0 aromatic carbocycles. The van der Waals surface area contributed by atoms with Crippen LogP contribution in [-0.4, -0.2) is 128 Å². The Balaban J connectivity index is 1.26. The Morgan fingerprint density at radius 1 is 1.15 bits per heavy atom. The van der Waals surface area contributed by atoms with Gasteiger partial charge in [-0.25, -0.2) is 8.78 Å². The molecule has 4 fully saturated rings. The molecule has 6 N–H and O–H groups in total. The highest BCUT2D eigenvalue weighted by Gasteiger charge is 2.48. The molecule has 2 amide bonds. The van der Waals surface area contributed by atoms with E-state index in [1.807, 2.05) is 11.9 Å². The van der Waals surface area contributed by atoms with Gasteiger partial charge in [0, 0.05) is 45.0 Å². The zero-order valence-electron chi connectivity index (χ0n) is 24.0. The monoisotopic (exact) mass is 566 g/mol. The Morgan fingerprint density at radius 2 is 1.90 bits per heavy atom. The molecular weight excluding hydrogens is 518 g/mol. The molecule has 0 aromatic rings. The average Bonchev–Trinajstić information content (AvgIpc) is 3.19. The second-order valence-electron chi connectivity index (χ2n) is 12.8. The summed E-state index contributed by atoms with van der Waals surface area (Å²) in [5, 5.41) is 6.18. The van der Waals surface area contributed by atoms with E-state index in [9.17, 15) is 14.0 Å². The molecule has 1 saturated carbocycles. The predicted octanol–water partition coefficient (Wildman–Crippen LogP) is 0.0109. The molecule has 3 saturated heterocycles. The summed E-state index contributed by atoms with van der Waals surface area (Å²) in [6.45, 7) is 5.80. The molecule has 0 aromatic heterocycles. The van der Waals surface area contributed by atoms with Crippen molar-refractivity contribution in [2.45, 2.75) is 94.5 Å². The number of alkyl halides is 2. The van der Waals surface area contributed by atoms with Crippen LogP contribution in [0, 0.1) is 11.3 Å². The molecule has 6 rings (SSSR count). The number of piperidine rings is 1. The van der Waals surface area contributed by atoms with Gasteiger partial charge in [0.2, 0.25) is 11.8 Å². The van der Waals surface area contributed by atoms with Gasteiger partial charge in [0.15, 0.2) is 0 Å². The number of likely N-dealkylation sites (N-methyl/N-ethyl adjacent to an activating group) is 1. The van der Waals surface area contributed by atoms with E-state index in [-0.39, 0.29) is 29.8 Å². The molecule has 8 atom stereocenters. The van der Waals surface area contributed by atoms with Crippen molar-refractivity contribution >= 4 is 17.5 Å². The first-order chi connectivity index (χ1) is 19.1. The van der Waals surface area contributed by atoms with Gasteiger partial charge in [0.1, 0.15) is 12.3 Å². The van der Waals surface area contributed by atoms with E-state index in [2.05, 4.69) is 27.4 Å². The van der Waals surface area contributed by atoms with Crippen molar-refractivity contribution in [1.82, 2.24) is 25.3 Å². The van der Waals surface area contributed by atoms with Crippen LogP contribution in [0.15, 0.2) is 4.99 Å². The number of piperazine rings is 1. The van der Waals surface area contributed by atoms with Crippen LogP contribution >= 0.6 is 0 Å². The fourth-order valence-electron chi connectivity index (χ4n) is 7.90. The topological polar surface area (TPSA) is 132 Å². The van der Waals surface area contributed by atoms with E-state index in [0.29, 0.717) is 57.7 Å². The number of halogens is 2. The minimum atomic E-state index is -1.18. The molecule has 10 nitrogen and oxygen atoms in total. The minimum Gasteiger partial charge on any atom is -0.350 e. The standard InChI is InChI=1S/C28H48F2N8O2/c1-3-28-7-6-19(17(29)13-28)34-20(14-28)23(25(31)32)26(39)35-21-16-33-15-18(30)24(21)37-9-11-38(12-10-37)27(40)22-5-4-8-36(22)2/h17-18,20-25,33H,3-16,31-32H2,1-2H3,(H,35,39). The average molecular weight is 567 g/mol. The summed E-state index contributed by atoms with van der Waals surface area (Å²) in [6, 6.07) is -1.59. The summed E-state index contributed by atoms with van der Waals surface area (Å²) < 4.78 is 30.3. The number of likely N-dealkylation sites (tertiary alicyclic amines) is 1. The lowest BCUT2D eigenvalue weighted by Gasteiger charge is -2.46. The maximum atomic E-state index is 15.4.